The van der Waals surface area contributed by atoms with Crippen LogP contribution in [0.15, 0.2) is 36.4 Å². The van der Waals surface area contributed by atoms with Crippen molar-refractivity contribution in [1.29, 1.82) is 0 Å². The molecule has 0 unspecified atom stereocenters. The van der Waals surface area contributed by atoms with Crippen molar-refractivity contribution in [3.05, 3.63) is 57.8 Å². The summed E-state index contributed by atoms with van der Waals surface area (Å²) in [5, 5.41) is 3.64. The van der Waals surface area contributed by atoms with Crippen molar-refractivity contribution in [2.45, 2.75) is 12.8 Å². The number of hydrogen-bond acceptors (Lipinski definition) is 3. The number of nitrogens with one attached hydrogen (secondary N) is 1. The minimum Gasteiger partial charge on any atom is -0.378 e. The predicted molar refractivity (Wildman–Crippen MR) is 103 cm³/mol. The van der Waals surface area contributed by atoms with Gasteiger partial charge in [0, 0.05) is 25.2 Å². The Hall–Kier alpha value is -1.82. The maximum atomic E-state index is 14.4. The molecular weight excluding hydrogens is 378 g/mol. The fourth-order valence-corrected chi connectivity index (χ4v) is 3.27. The molecular formula is C19H19Cl2FN2O2. The summed E-state index contributed by atoms with van der Waals surface area (Å²) in [5.74, 6) is -0.567. The molecule has 0 bridgehead atoms. The van der Waals surface area contributed by atoms with Crippen LogP contribution in [-0.2, 0) is 16.0 Å². The molecule has 1 saturated heterocycles. The molecule has 0 spiro atoms. The molecule has 2 aromatic carbocycles. The summed E-state index contributed by atoms with van der Waals surface area (Å²) in [7, 11) is 0. The van der Waals surface area contributed by atoms with Gasteiger partial charge in [-0.1, -0.05) is 35.3 Å². The Bertz CT molecular complexity index is 795. The highest BCUT2D eigenvalue weighted by Crippen LogP contribution is 2.27. The van der Waals surface area contributed by atoms with E-state index in [4.69, 9.17) is 27.9 Å². The zero-order chi connectivity index (χ0) is 18.5. The van der Waals surface area contributed by atoms with E-state index in [0.717, 1.165) is 5.56 Å². The molecule has 1 aliphatic heterocycles. The van der Waals surface area contributed by atoms with E-state index in [1.807, 2.05) is 11.0 Å². The Balaban J connectivity index is 1.59. The molecule has 1 aliphatic rings. The van der Waals surface area contributed by atoms with Gasteiger partial charge in [0.1, 0.15) is 5.82 Å². The molecule has 1 heterocycles. The van der Waals surface area contributed by atoms with Gasteiger partial charge in [0.2, 0.25) is 5.91 Å². The van der Waals surface area contributed by atoms with E-state index in [-0.39, 0.29) is 18.1 Å². The number of amides is 1. The quantitative estimate of drug-likeness (QED) is 0.806. The largest absolute Gasteiger partial charge is 0.378 e. The van der Waals surface area contributed by atoms with Crippen molar-refractivity contribution in [1.82, 2.24) is 0 Å². The number of carbonyl (C=O) groups excluding carboxylic acids is 1. The van der Waals surface area contributed by atoms with Crippen LogP contribution in [0, 0.1) is 5.82 Å². The van der Waals surface area contributed by atoms with Crippen LogP contribution in [0.25, 0.3) is 0 Å². The van der Waals surface area contributed by atoms with Gasteiger partial charge >= 0.3 is 0 Å². The molecule has 7 heteroatoms. The normalized spacial score (nSPS) is 14.3. The topological polar surface area (TPSA) is 41.6 Å². The fourth-order valence-electron chi connectivity index (χ4n) is 2.86. The standard InChI is InChI=1S/C19H19Cl2FN2O2/c20-15-3-1-2-13(19(15)21)4-7-18(25)23-14-5-6-17(16(22)12-14)24-8-10-26-11-9-24/h1-3,5-6,12H,4,7-11H2,(H,23,25). The maximum absolute atomic E-state index is 14.4. The van der Waals surface area contributed by atoms with Crippen LogP contribution >= 0.6 is 23.2 Å². The monoisotopic (exact) mass is 396 g/mol. The molecule has 1 N–H and O–H groups in total. The molecule has 1 fully saturated rings. The molecule has 0 radical (unpaired) electrons. The van der Waals surface area contributed by atoms with Crippen LogP contribution in [0.5, 0.6) is 0 Å². The molecule has 0 atom stereocenters. The number of aryl methyl sites for hydroxylation is 1. The Labute approximate surface area is 161 Å². The lowest BCUT2D eigenvalue weighted by Crippen LogP contribution is -2.36. The number of nitrogens with zero attached hydrogens (tertiary/aromatic N) is 1. The van der Waals surface area contributed by atoms with Gasteiger partial charge in [-0.25, -0.2) is 4.39 Å². The molecule has 26 heavy (non-hydrogen) atoms. The molecule has 4 nitrogen and oxygen atoms in total. The molecule has 3 rings (SSSR count). The highest BCUT2D eigenvalue weighted by molar-refractivity contribution is 6.42. The number of benzene rings is 2. The lowest BCUT2D eigenvalue weighted by atomic mass is 10.1. The highest BCUT2D eigenvalue weighted by atomic mass is 35.5. The summed E-state index contributed by atoms with van der Waals surface area (Å²) >= 11 is 12.1. The van der Waals surface area contributed by atoms with Gasteiger partial charge in [-0.15, -0.1) is 0 Å². The van der Waals surface area contributed by atoms with Crippen LogP contribution < -0.4 is 10.2 Å². The number of morpholine rings is 1. The van der Waals surface area contributed by atoms with Gasteiger partial charge in [0.25, 0.3) is 0 Å². The molecule has 1 amide bonds. The second kappa shape index (κ2) is 8.71. The van der Waals surface area contributed by atoms with Crippen molar-refractivity contribution in [3.63, 3.8) is 0 Å². The third-order valence-electron chi connectivity index (χ3n) is 4.24. The molecule has 0 saturated carbocycles. The summed E-state index contributed by atoms with van der Waals surface area (Å²) in [4.78, 5) is 14.1. The summed E-state index contributed by atoms with van der Waals surface area (Å²) in [6.07, 6.45) is 0.687. The lowest BCUT2D eigenvalue weighted by Gasteiger charge is -2.29. The van der Waals surface area contributed by atoms with Crippen molar-refractivity contribution >= 4 is 40.5 Å². The van der Waals surface area contributed by atoms with E-state index in [1.165, 1.54) is 6.07 Å². The highest BCUT2D eigenvalue weighted by Gasteiger charge is 2.16. The number of hydrogen-bond donors (Lipinski definition) is 1. The molecule has 0 aliphatic carbocycles. The maximum Gasteiger partial charge on any atom is 0.224 e. The first-order chi connectivity index (χ1) is 12.5. The number of halogens is 3. The SMILES string of the molecule is O=C(CCc1cccc(Cl)c1Cl)Nc1ccc(N2CCOCC2)c(F)c1. The summed E-state index contributed by atoms with van der Waals surface area (Å²) in [6.45, 7) is 2.49. The number of ether oxygens (including phenoxy) is 1. The Morgan fingerprint density at radius 1 is 1.19 bits per heavy atom. The van der Waals surface area contributed by atoms with Gasteiger partial charge < -0.3 is 15.0 Å². The van der Waals surface area contributed by atoms with Crippen LogP contribution in [0.3, 0.4) is 0 Å². The second-order valence-electron chi connectivity index (χ2n) is 6.03. The summed E-state index contributed by atoms with van der Waals surface area (Å²) < 4.78 is 19.6. The molecule has 0 aromatic heterocycles. The van der Waals surface area contributed by atoms with Crippen LogP contribution in [0.1, 0.15) is 12.0 Å². The van der Waals surface area contributed by atoms with E-state index in [9.17, 15) is 9.18 Å². The smallest absolute Gasteiger partial charge is 0.224 e. The second-order valence-corrected chi connectivity index (χ2v) is 6.81. The third kappa shape index (κ3) is 4.67. The van der Waals surface area contributed by atoms with Crippen LogP contribution in [0.2, 0.25) is 10.0 Å². The van der Waals surface area contributed by atoms with Gasteiger partial charge in [0.15, 0.2) is 0 Å². The summed E-state index contributed by atoms with van der Waals surface area (Å²) in [5.41, 5.74) is 1.77. The van der Waals surface area contributed by atoms with Crippen molar-refractivity contribution in [3.8, 4) is 0 Å². The first kappa shape index (κ1) is 19.0. The Morgan fingerprint density at radius 2 is 1.96 bits per heavy atom. The van der Waals surface area contributed by atoms with Crippen LogP contribution in [0.4, 0.5) is 15.8 Å². The Kier molecular flexibility index (Phi) is 6.35. The predicted octanol–water partition coefficient (Wildman–Crippen LogP) is 4.54. The van der Waals surface area contributed by atoms with Gasteiger partial charge in [-0.05, 0) is 36.2 Å². The third-order valence-corrected chi connectivity index (χ3v) is 5.09. The van der Waals surface area contributed by atoms with Gasteiger partial charge in [-0.2, -0.15) is 0 Å². The number of anilines is 2. The van der Waals surface area contributed by atoms with Gasteiger partial charge in [-0.3, -0.25) is 4.79 Å². The van der Waals surface area contributed by atoms with Crippen molar-refractivity contribution in [2.24, 2.45) is 0 Å². The van der Waals surface area contributed by atoms with E-state index < -0.39 is 0 Å². The lowest BCUT2D eigenvalue weighted by molar-refractivity contribution is -0.116. The fraction of sp³-hybridized carbons (Fsp3) is 0.316. The summed E-state index contributed by atoms with van der Waals surface area (Å²) in [6, 6.07) is 10.1. The molecule has 138 valence electrons. The average Bonchev–Trinajstić information content (AvgIpc) is 2.64. The minimum absolute atomic E-state index is 0.209. The first-order valence-corrected chi connectivity index (χ1v) is 9.15. The van der Waals surface area contributed by atoms with E-state index in [0.29, 0.717) is 54.1 Å². The van der Waals surface area contributed by atoms with E-state index in [1.54, 1.807) is 24.3 Å². The minimum atomic E-state index is -0.359. The number of carbonyl (C=O) groups is 1. The zero-order valence-corrected chi connectivity index (χ0v) is 15.6. The Morgan fingerprint density at radius 3 is 2.69 bits per heavy atom. The molecule has 2 aromatic rings. The van der Waals surface area contributed by atoms with Gasteiger partial charge in [0.05, 0.1) is 28.9 Å². The van der Waals surface area contributed by atoms with Crippen LogP contribution in [-0.4, -0.2) is 32.2 Å². The van der Waals surface area contributed by atoms with Crippen molar-refractivity contribution < 1.29 is 13.9 Å². The van der Waals surface area contributed by atoms with E-state index >= 15 is 0 Å². The zero-order valence-electron chi connectivity index (χ0n) is 14.1. The van der Waals surface area contributed by atoms with E-state index in [2.05, 4.69) is 5.32 Å². The van der Waals surface area contributed by atoms with Crippen molar-refractivity contribution in [2.75, 3.05) is 36.5 Å². The first-order valence-electron chi connectivity index (χ1n) is 8.39. The number of rotatable bonds is 5. The average molecular weight is 397 g/mol.